The minimum Gasteiger partial charge on any atom is -0.455 e. The van der Waals surface area contributed by atoms with Gasteiger partial charge >= 0.3 is 0 Å². The van der Waals surface area contributed by atoms with Crippen LogP contribution in [0.15, 0.2) is 88.3 Å². The van der Waals surface area contributed by atoms with E-state index < -0.39 is 0 Å². The molecule has 4 heteroatoms. The molecule has 5 aromatic rings. The number of nitrogens with one attached hydrogen (secondary N) is 1. The lowest BCUT2D eigenvalue weighted by atomic mass is 10.00. The predicted octanol–water partition coefficient (Wildman–Crippen LogP) is 6.80. The van der Waals surface area contributed by atoms with E-state index in [-0.39, 0.29) is 11.5 Å². The summed E-state index contributed by atoms with van der Waals surface area (Å²) in [5.74, 6) is 0.564. The SMILES string of the molecule is Cc1cc(C(C)Nc2ccccc2C)c2oc(-c3ccc4cnccc4c3)cc(=O)c2c1. The summed E-state index contributed by atoms with van der Waals surface area (Å²) in [5.41, 5.74) is 5.69. The van der Waals surface area contributed by atoms with Crippen molar-refractivity contribution in [3.05, 3.63) is 106 Å². The highest BCUT2D eigenvalue weighted by Crippen LogP contribution is 2.32. The van der Waals surface area contributed by atoms with E-state index >= 15 is 0 Å². The number of nitrogens with zero attached hydrogens (tertiary/aromatic N) is 1. The van der Waals surface area contributed by atoms with Gasteiger partial charge in [0.25, 0.3) is 0 Å². The number of anilines is 1. The van der Waals surface area contributed by atoms with E-state index in [1.54, 1.807) is 12.3 Å². The molecule has 4 nitrogen and oxygen atoms in total. The first-order chi connectivity index (χ1) is 15.5. The number of hydrogen-bond donors (Lipinski definition) is 1. The largest absolute Gasteiger partial charge is 0.455 e. The van der Waals surface area contributed by atoms with Gasteiger partial charge in [0.2, 0.25) is 0 Å². The molecule has 0 fully saturated rings. The monoisotopic (exact) mass is 420 g/mol. The molecule has 0 aliphatic rings. The highest BCUT2D eigenvalue weighted by atomic mass is 16.3. The van der Waals surface area contributed by atoms with Crippen LogP contribution < -0.4 is 10.7 Å². The first-order valence-corrected chi connectivity index (χ1v) is 10.7. The van der Waals surface area contributed by atoms with Crippen LogP contribution in [0.25, 0.3) is 33.1 Å². The fourth-order valence-corrected chi connectivity index (χ4v) is 4.18. The van der Waals surface area contributed by atoms with Crippen molar-refractivity contribution in [2.45, 2.75) is 26.8 Å². The van der Waals surface area contributed by atoms with Gasteiger partial charge in [-0.05, 0) is 61.5 Å². The summed E-state index contributed by atoms with van der Waals surface area (Å²) < 4.78 is 6.40. The van der Waals surface area contributed by atoms with Gasteiger partial charge in [0.15, 0.2) is 5.43 Å². The van der Waals surface area contributed by atoms with Crippen LogP contribution in [0.2, 0.25) is 0 Å². The summed E-state index contributed by atoms with van der Waals surface area (Å²) in [7, 11) is 0. The van der Waals surface area contributed by atoms with Gasteiger partial charge in [-0.25, -0.2) is 0 Å². The van der Waals surface area contributed by atoms with Gasteiger partial charge in [-0.15, -0.1) is 0 Å². The van der Waals surface area contributed by atoms with Crippen molar-refractivity contribution in [1.82, 2.24) is 4.98 Å². The Hall–Kier alpha value is -3.92. The molecule has 1 N–H and O–H groups in total. The van der Waals surface area contributed by atoms with Crippen LogP contribution >= 0.6 is 0 Å². The fraction of sp³-hybridized carbons (Fsp3) is 0.143. The lowest BCUT2D eigenvalue weighted by Crippen LogP contribution is -2.10. The van der Waals surface area contributed by atoms with Crippen LogP contribution in [0.4, 0.5) is 5.69 Å². The molecule has 1 unspecified atom stereocenters. The Morgan fingerprint density at radius 2 is 1.78 bits per heavy atom. The maximum Gasteiger partial charge on any atom is 0.193 e. The standard InChI is InChI=1S/C28H24N2O2/c1-17-12-23(19(3)30-25-7-5-4-6-18(25)2)28-24(13-17)26(31)15-27(32-28)21-8-9-22-16-29-11-10-20(22)14-21/h4-16,19,30H,1-3H3. The average Bonchev–Trinajstić information content (AvgIpc) is 2.80. The molecular formula is C28H24N2O2. The van der Waals surface area contributed by atoms with Crippen LogP contribution in [0.3, 0.4) is 0 Å². The van der Waals surface area contributed by atoms with Gasteiger partial charge in [0.05, 0.1) is 11.4 Å². The van der Waals surface area contributed by atoms with E-state index in [2.05, 4.69) is 42.3 Å². The van der Waals surface area contributed by atoms with Crippen LogP contribution in [0, 0.1) is 13.8 Å². The third-order valence-electron chi connectivity index (χ3n) is 5.91. The number of pyridine rings is 1. The second kappa shape index (κ2) is 7.97. The van der Waals surface area contributed by atoms with Crippen LogP contribution in [-0.4, -0.2) is 4.98 Å². The maximum atomic E-state index is 13.1. The van der Waals surface area contributed by atoms with Gasteiger partial charge in [0.1, 0.15) is 11.3 Å². The molecule has 0 saturated heterocycles. The van der Waals surface area contributed by atoms with E-state index in [0.29, 0.717) is 16.7 Å². The van der Waals surface area contributed by atoms with Crippen LogP contribution in [0.1, 0.15) is 29.7 Å². The summed E-state index contributed by atoms with van der Waals surface area (Å²) >= 11 is 0. The quantitative estimate of drug-likeness (QED) is 0.347. The number of para-hydroxylation sites is 1. The molecule has 0 saturated carbocycles. The third kappa shape index (κ3) is 3.65. The summed E-state index contributed by atoms with van der Waals surface area (Å²) in [4.78, 5) is 17.3. The highest BCUT2D eigenvalue weighted by Gasteiger charge is 2.17. The topological polar surface area (TPSA) is 55.1 Å². The smallest absolute Gasteiger partial charge is 0.193 e. The summed E-state index contributed by atoms with van der Waals surface area (Å²) in [6.07, 6.45) is 3.60. The molecule has 5 rings (SSSR count). The van der Waals surface area contributed by atoms with Crippen molar-refractivity contribution in [2.24, 2.45) is 0 Å². The first kappa shape index (κ1) is 20.0. The van der Waals surface area contributed by atoms with Gasteiger partial charge < -0.3 is 9.73 Å². The molecule has 1 atom stereocenters. The van der Waals surface area contributed by atoms with Crippen molar-refractivity contribution in [2.75, 3.05) is 5.32 Å². The lowest BCUT2D eigenvalue weighted by molar-refractivity contribution is 0.610. The Labute approximate surface area is 186 Å². The second-order valence-corrected chi connectivity index (χ2v) is 8.32. The molecule has 0 aliphatic heterocycles. The summed E-state index contributed by atoms with van der Waals surface area (Å²) in [6, 6.07) is 21.7. The maximum absolute atomic E-state index is 13.1. The van der Waals surface area contributed by atoms with Crippen molar-refractivity contribution < 1.29 is 4.42 Å². The Kier molecular flexibility index (Phi) is 4.98. The zero-order valence-corrected chi connectivity index (χ0v) is 18.3. The third-order valence-corrected chi connectivity index (χ3v) is 5.91. The number of aromatic nitrogens is 1. The second-order valence-electron chi connectivity index (χ2n) is 8.32. The minimum atomic E-state index is -0.0421. The fourth-order valence-electron chi connectivity index (χ4n) is 4.18. The molecule has 0 spiro atoms. The number of aryl methyl sites for hydroxylation is 2. The van der Waals surface area contributed by atoms with Crippen molar-refractivity contribution in [3.8, 4) is 11.3 Å². The molecule has 0 bridgehead atoms. The van der Waals surface area contributed by atoms with Crippen molar-refractivity contribution >= 4 is 27.4 Å². The summed E-state index contributed by atoms with van der Waals surface area (Å²) in [5, 5.41) is 6.29. The van der Waals surface area contributed by atoms with Crippen molar-refractivity contribution in [3.63, 3.8) is 0 Å². The van der Waals surface area contributed by atoms with E-state index in [1.807, 2.05) is 55.6 Å². The molecule has 2 aromatic heterocycles. The minimum absolute atomic E-state index is 0.0379. The normalized spacial score (nSPS) is 12.2. The molecule has 0 amide bonds. The van der Waals surface area contributed by atoms with E-state index in [0.717, 1.165) is 33.2 Å². The van der Waals surface area contributed by atoms with E-state index in [4.69, 9.17) is 4.42 Å². The Bertz CT molecular complexity index is 1520. The summed E-state index contributed by atoms with van der Waals surface area (Å²) in [6.45, 7) is 6.18. The van der Waals surface area contributed by atoms with Crippen LogP contribution in [-0.2, 0) is 0 Å². The Morgan fingerprint density at radius 3 is 2.62 bits per heavy atom. The molecular weight excluding hydrogens is 396 g/mol. The molecule has 158 valence electrons. The molecule has 3 aromatic carbocycles. The highest BCUT2D eigenvalue weighted by molar-refractivity contribution is 5.87. The van der Waals surface area contributed by atoms with Gasteiger partial charge in [0, 0.05) is 40.7 Å². The van der Waals surface area contributed by atoms with E-state index in [1.165, 1.54) is 5.56 Å². The first-order valence-electron chi connectivity index (χ1n) is 10.7. The van der Waals surface area contributed by atoms with Crippen molar-refractivity contribution in [1.29, 1.82) is 0 Å². The average molecular weight is 421 g/mol. The zero-order chi connectivity index (χ0) is 22.2. The Balaban J connectivity index is 1.65. The van der Waals surface area contributed by atoms with Gasteiger partial charge in [-0.1, -0.05) is 36.4 Å². The molecule has 0 aliphatic carbocycles. The van der Waals surface area contributed by atoms with Gasteiger partial charge in [-0.2, -0.15) is 0 Å². The molecule has 0 radical (unpaired) electrons. The molecule has 2 heterocycles. The number of hydrogen-bond acceptors (Lipinski definition) is 4. The van der Waals surface area contributed by atoms with Crippen LogP contribution in [0.5, 0.6) is 0 Å². The molecule has 32 heavy (non-hydrogen) atoms. The number of benzene rings is 3. The van der Waals surface area contributed by atoms with Gasteiger partial charge in [-0.3, -0.25) is 9.78 Å². The zero-order valence-electron chi connectivity index (χ0n) is 18.3. The van der Waals surface area contributed by atoms with E-state index in [9.17, 15) is 4.79 Å². The number of fused-ring (bicyclic) bond motifs is 2. The number of rotatable bonds is 4. The lowest BCUT2D eigenvalue weighted by Gasteiger charge is -2.19. The Morgan fingerprint density at radius 1 is 0.938 bits per heavy atom. The predicted molar refractivity (Wildman–Crippen MR) is 131 cm³/mol.